The number of nitrogens with one attached hydrogen (secondary N) is 2. The number of piperazine rings is 1. The van der Waals surface area contributed by atoms with E-state index < -0.39 is 0 Å². The maximum Gasteiger partial charge on any atom is 0.272 e. The molecule has 106 valence electrons. The van der Waals surface area contributed by atoms with Gasteiger partial charge in [-0.2, -0.15) is 5.26 Å². The number of hydrazine groups is 1. The summed E-state index contributed by atoms with van der Waals surface area (Å²) in [5.41, 5.74) is 3.25. The second kappa shape index (κ2) is 6.89. The first-order valence-electron chi connectivity index (χ1n) is 6.66. The van der Waals surface area contributed by atoms with Gasteiger partial charge in [-0.25, -0.2) is 5.01 Å². The van der Waals surface area contributed by atoms with E-state index in [-0.39, 0.29) is 12.5 Å². The Bertz CT molecular complexity index is 504. The molecule has 0 saturated carbocycles. The van der Waals surface area contributed by atoms with Crippen molar-refractivity contribution < 1.29 is 14.4 Å². The highest BCUT2D eigenvalue weighted by molar-refractivity contribution is 5.77. The summed E-state index contributed by atoms with van der Waals surface area (Å²) < 4.78 is 5.39. The molecule has 1 aromatic carbocycles. The standard InChI is InChI=1S/C14H18N4O2/c1-17-6-8-18(9-7-17)16-14(19)11-20-13-5-3-2-4-12(13)10-15/h2-5H,6-9,11H2,1H3,(H,16,19)/p+1. The van der Waals surface area contributed by atoms with Gasteiger partial charge >= 0.3 is 0 Å². The highest BCUT2D eigenvalue weighted by atomic mass is 16.5. The molecular formula is C14H19N4O2+. The minimum absolute atomic E-state index is 0.0854. The number of hydrogen-bond donors (Lipinski definition) is 2. The normalized spacial score (nSPS) is 16.4. The number of nitriles is 1. The highest BCUT2D eigenvalue weighted by Crippen LogP contribution is 2.16. The molecule has 1 saturated heterocycles. The topological polar surface area (TPSA) is 69.8 Å². The van der Waals surface area contributed by atoms with Crippen LogP contribution < -0.4 is 15.1 Å². The Hall–Kier alpha value is -2.10. The van der Waals surface area contributed by atoms with Crippen molar-refractivity contribution in [1.29, 1.82) is 5.26 Å². The van der Waals surface area contributed by atoms with E-state index in [0.717, 1.165) is 26.2 Å². The zero-order valence-corrected chi connectivity index (χ0v) is 11.6. The summed E-state index contributed by atoms with van der Waals surface area (Å²) in [4.78, 5) is 13.3. The first kappa shape index (κ1) is 14.3. The number of likely N-dealkylation sites (N-methyl/N-ethyl adjacent to an activating group) is 1. The first-order valence-corrected chi connectivity index (χ1v) is 6.66. The number of rotatable bonds is 4. The van der Waals surface area contributed by atoms with Gasteiger partial charge in [0.25, 0.3) is 5.91 Å². The van der Waals surface area contributed by atoms with Gasteiger partial charge in [-0.3, -0.25) is 10.2 Å². The number of para-hydroxylation sites is 1. The quantitative estimate of drug-likeness (QED) is 0.724. The molecule has 0 unspecified atom stereocenters. The van der Waals surface area contributed by atoms with Crippen LogP contribution in [0.4, 0.5) is 0 Å². The largest absolute Gasteiger partial charge is 0.482 e. The third kappa shape index (κ3) is 3.95. The summed E-state index contributed by atoms with van der Waals surface area (Å²) >= 11 is 0. The summed E-state index contributed by atoms with van der Waals surface area (Å²) in [6, 6.07) is 8.92. The summed E-state index contributed by atoms with van der Waals surface area (Å²) in [5, 5.41) is 10.8. The van der Waals surface area contributed by atoms with Crippen molar-refractivity contribution in [1.82, 2.24) is 10.4 Å². The monoisotopic (exact) mass is 275 g/mol. The Kier molecular flexibility index (Phi) is 4.93. The number of nitrogens with zero attached hydrogens (tertiary/aromatic N) is 2. The number of carbonyl (C=O) groups excluding carboxylic acids is 1. The third-order valence-electron chi connectivity index (χ3n) is 3.27. The Morgan fingerprint density at radius 2 is 2.15 bits per heavy atom. The van der Waals surface area contributed by atoms with Crippen LogP contribution in [-0.2, 0) is 4.79 Å². The zero-order valence-electron chi connectivity index (χ0n) is 11.6. The summed E-state index contributed by atoms with van der Waals surface area (Å²) in [5.74, 6) is 0.241. The van der Waals surface area contributed by atoms with E-state index in [1.54, 1.807) is 24.3 Å². The number of benzene rings is 1. The third-order valence-corrected chi connectivity index (χ3v) is 3.27. The Labute approximate surface area is 118 Å². The van der Waals surface area contributed by atoms with E-state index in [0.29, 0.717) is 11.3 Å². The maximum absolute atomic E-state index is 11.8. The molecule has 1 fully saturated rings. The van der Waals surface area contributed by atoms with Crippen LogP contribution in [0.25, 0.3) is 0 Å². The fourth-order valence-electron chi connectivity index (χ4n) is 2.04. The molecule has 0 spiro atoms. The lowest BCUT2D eigenvalue weighted by molar-refractivity contribution is -0.884. The van der Waals surface area contributed by atoms with Gasteiger partial charge < -0.3 is 9.64 Å². The maximum atomic E-state index is 11.8. The van der Waals surface area contributed by atoms with Gasteiger partial charge in [-0.15, -0.1) is 0 Å². The van der Waals surface area contributed by atoms with Crippen molar-refractivity contribution in [3.05, 3.63) is 29.8 Å². The van der Waals surface area contributed by atoms with Crippen molar-refractivity contribution in [2.75, 3.05) is 39.8 Å². The smallest absolute Gasteiger partial charge is 0.272 e. The summed E-state index contributed by atoms with van der Waals surface area (Å²) in [7, 11) is 2.14. The van der Waals surface area contributed by atoms with Gasteiger partial charge in [-0.1, -0.05) is 12.1 Å². The van der Waals surface area contributed by atoms with Crippen LogP contribution >= 0.6 is 0 Å². The molecule has 20 heavy (non-hydrogen) atoms. The molecule has 6 heteroatoms. The van der Waals surface area contributed by atoms with Crippen LogP contribution in [0.15, 0.2) is 24.3 Å². The first-order chi connectivity index (χ1) is 9.69. The Morgan fingerprint density at radius 1 is 1.45 bits per heavy atom. The number of amides is 1. The average Bonchev–Trinajstić information content (AvgIpc) is 2.48. The predicted molar refractivity (Wildman–Crippen MR) is 73.0 cm³/mol. The van der Waals surface area contributed by atoms with E-state index in [1.165, 1.54) is 4.90 Å². The Balaban J connectivity index is 1.79. The number of quaternary nitrogens is 1. The van der Waals surface area contributed by atoms with Crippen LogP contribution in [-0.4, -0.2) is 50.7 Å². The SMILES string of the molecule is C[NH+]1CCN(NC(=O)COc2ccccc2C#N)CC1. The molecular weight excluding hydrogens is 256 g/mol. The molecule has 1 aromatic rings. The van der Waals surface area contributed by atoms with Gasteiger partial charge in [0.1, 0.15) is 11.8 Å². The van der Waals surface area contributed by atoms with Crippen molar-refractivity contribution in [2.24, 2.45) is 0 Å². The molecule has 1 amide bonds. The van der Waals surface area contributed by atoms with Crippen LogP contribution in [0.3, 0.4) is 0 Å². The molecule has 0 bridgehead atoms. The molecule has 6 nitrogen and oxygen atoms in total. The van der Waals surface area contributed by atoms with E-state index >= 15 is 0 Å². The van der Waals surface area contributed by atoms with Gasteiger partial charge in [0.15, 0.2) is 6.61 Å². The van der Waals surface area contributed by atoms with Gasteiger partial charge in [0.05, 0.1) is 38.8 Å². The van der Waals surface area contributed by atoms with Gasteiger partial charge in [0.2, 0.25) is 0 Å². The van der Waals surface area contributed by atoms with Crippen LogP contribution in [0, 0.1) is 11.3 Å². The molecule has 0 aliphatic carbocycles. The zero-order chi connectivity index (χ0) is 14.4. The Morgan fingerprint density at radius 3 is 2.85 bits per heavy atom. The molecule has 0 atom stereocenters. The van der Waals surface area contributed by atoms with Gasteiger partial charge in [-0.05, 0) is 12.1 Å². The van der Waals surface area contributed by atoms with Crippen LogP contribution in [0.2, 0.25) is 0 Å². The molecule has 2 rings (SSSR count). The fraction of sp³-hybridized carbons (Fsp3) is 0.429. The number of ether oxygens (including phenoxy) is 1. The van der Waals surface area contributed by atoms with E-state index in [4.69, 9.17) is 10.00 Å². The lowest BCUT2D eigenvalue weighted by atomic mass is 10.2. The highest BCUT2D eigenvalue weighted by Gasteiger charge is 2.18. The fourth-order valence-corrected chi connectivity index (χ4v) is 2.04. The van der Waals surface area contributed by atoms with Crippen molar-refractivity contribution in [2.45, 2.75) is 0 Å². The van der Waals surface area contributed by atoms with Crippen LogP contribution in [0.5, 0.6) is 5.75 Å². The van der Waals surface area contributed by atoms with Crippen molar-refractivity contribution in [3.8, 4) is 11.8 Å². The summed E-state index contributed by atoms with van der Waals surface area (Å²) in [6.45, 7) is 3.62. The van der Waals surface area contributed by atoms with Gasteiger partial charge in [0, 0.05) is 0 Å². The van der Waals surface area contributed by atoms with Crippen molar-refractivity contribution in [3.63, 3.8) is 0 Å². The second-order valence-corrected chi connectivity index (χ2v) is 4.88. The van der Waals surface area contributed by atoms with E-state index in [2.05, 4.69) is 12.5 Å². The minimum Gasteiger partial charge on any atom is -0.482 e. The second-order valence-electron chi connectivity index (χ2n) is 4.88. The van der Waals surface area contributed by atoms with E-state index in [1.807, 2.05) is 11.1 Å². The molecule has 1 aliphatic rings. The molecule has 1 heterocycles. The lowest BCUT2D eigenvalue weighted by Gasteiger charge is -2.30. The average molecular weight is 275 g/mol. The molecule has 0 aromatic heterocycles. The predicted octanol–water partition coefficient (Wildman–Crippen LogP) is -1.20. The molecule has 0 radical (unpaired) electrons. The molecule has 2 N–H and O–H groups in total. The lowest BCUT2D eigenvalue weighted by Crippen LogP contribution is -3.12. The van der Waals surface area contributed by atoms with E-state index in [9.17, 15) is 4.79 Å². The minimum atomic E-state index is -0.197. The summed E-state index contributed by atoms with van der Waals surface area (Å²) in [6.07, 6.45) is 0. The molecule has 1 aliphatic heterocycles. The van der Waals surface area contributed by atoms with Crippen LogP contribution in [0.1, 0.15) is 5.56 Å². The number of carbonyl (C=O) groups is 1. The number of hydrogen-bond acceptors (Lipinski definition) is 4. The van der Waals surface area contributed by atoms with Crippen molar-refractivity contribution >= 4 is 5.91 Å².